The van der Waals surface area contributed by atoms with Gasteiger partial charge in [0.25, 0.3) is 0 Å². The Morgan fingerprint density at radius 2 is 1.95 bits per heavy atom. The van der Waals surface area contributed by atoms with Crippen LogP contribution in [0.15, 0.2) is 46.9 Å². The van der Waals surface area contributed by atoms with E-state index in [4.69, 9.17) is 9.72 Å². The Morgan fingerprint density at radius 3 is 2.68 bits per heavy atom. The van der Waals surface area contributed by atoms with Gasteiger partial charge in [-0.2, -0.15) is 0 Å². The van der Waals surface area contributed by atoms with E-state index in [-0.39, 0.29) is 0 Å². The van der Waals surface area contributed by atoms with E-state index in [1.165, 1.54) is 0 Å². The van der Waals surface area contributed by atoms with Gasteiger partial charge in [0.15, 0.2) is 0 Å². The SMILES string of the molecule is COc1cccc(-c2nc3c(Br)cccc3n2C)c1. The first-order chi connectivity index (χ1) is 9.20. The van der Waals surface area contributed by atoms with Gasteiger partial charge in [0.1, 0.15) is 17.1 Å². The lowest BCUT2D eigenvalue weighted by Gasteiger charge is -2.04. The van der Waals surface area contributed by atoms with E-state index in [0.29, 0.717) is 0 Å². The minimum atomic E-state index is 0.837. The van der Waals surface area contributed by atoms with Gasteiger partial charge in [-0.05, 0) is 40.2 Å². The summed E-state index contributed by atoms with van der Waals surface area (Å²) in [7, 11) is 3.70. The molecule has 0 spiro atoms. The van der Waals surface area contributed by atoms with Crippen LogP contribution in [0.4, 0.5) is 0 Å². The van der Waals surface area contributed by atoms with Crippen LogP contribution in [0.1, 0.15) is 0 Å². The predicted molar refractivity (Wildman–Crippen MR) is 80.4 cm³/mol. The molecule has 0 aliphatic heterocycles. The Kier molecular flexibility index (Phi) is 3.03. The topological polar surface area (TPSA) is 27.1 Å². The molecule has 0 unspecified atom stereocenters. The molecule has 0 amide bonds. The van der Waals surface area contributed by atoms with Crippen LogP contribution in [-0.2, 0) is 7.05 Å². The molecule has 4 heteroatoms. The average molecular weight is 317 g/mol. The largest absolute Gasteiger partial charge is 0.497 e. The van der Waals surface area contributed by atoms with Crippen molar-refractivity contribution in [3.63, 3.8) is 0 Å². The molecule has 2 aromatic carbocycles. The summed E-state index contributed by atoms with van der Waals surface area (Å²) in [5.74, 6) is 1.77. The zero-order valence-electron chi connectivity index (χ0n) is 10.7. The summed E-state index contributed by atoms with van der Waals surface area (Å²) in [4.78, 5) is 4.72. The van der Waals surface area contributed by atoms with E-state index < -0.39 is 0 Å². The van der Waals surface area contributed by atoms with Crippen LogP contribution in [0.5, 0.6) is 5.75 Å². The number of aromatic nitrogens is 2. The second-order valence-electron chi connectivity index (χ2n) is 4.33. The third-order valence-electron chi connectivity index (χ3n) is 3.19. The maximum atomic E-state index is 5.27. The summed E-state index contributed by atoms with van der Waals surface area (Å²) >= 11 is 3.54. The van der Waals surface area contributed by atoms with Crippen molar-refractivity contribution in [2.45, 2.75) is 0 Å². The quantitative estimate of drug-likeness (QED) is 0.714. The van der Waals surface area contributed by atoms with Crippen LogP contribution in [-0.4, -0.2) is 16.7 Å². The van der Waals surface area contributed by atoms with E-state index in [2.05, 4.69) is 26.6 Å². The number of fused-ring (bicyclic) bond motifs is 1. The number of aryl methyl sites for hydroxylation is 1. The number of hydrogen-bond donors (Lipinski definition) is 0. The molecular weight excluding hydrogens is 304 g/mol. The second-order valence-corrected chi connectivity index (χ2v) is 5.19. The van der Waals surface area contributed by atoms with Gasteiger partial charge in [0, 0.05) is 17.1 Å². The number of methoxy groups -OCH3 is 1. The standard InChI is InChI=1S/C15H13BrN2O/c1-18-13-8-4-7-12(16)14(13)17-15(18)10-5-3-6-11(9-10)19-2/h3-9H,1-2H3. The Labute approximate surface area is 120 Å². The molecule has 1 aromatic heterocycles. The van der Waals surface area contributed by atoms with Crippen molar-refractivity contribution >= 4 is 27.0 Å². The number of imidazole rings is 1. The zero-order valence-corrected chi connectivity index (χ0v) is 12.3. The summed E-state index contributed by atoms with van der Waals surface area (Å²) in [6.07, 6.45) is 0. The minimum absolute atomic E-state index is 0.837. The lowest BCUT2D eigenvalue weighted by Crippen LogP contribution is -1.92. The van der Waals surface area contributed by atoms with E-state index >= 15 is 0 Å². The van der Waals surface area contributed by atoms with Crippen molar-refractivity contribution in [1.29, 1.82) is 0 Å². The first-order valence-corrected chi connectivity index (χ1v) is 6.75. The molecular formula is C15H13BrN2O. The number of halogens is 1. The van der Waals surface area contributed by atoms with Gasteiger partial charge in [0.05, 0.1) is 12.6 Å². The van der Waals surface area contributed by atoms with Crippen molar-refractivity contribution < 1.29 is 4.74 Å². The van der Waals surface area contributed by atoms with Crippen molar-refractivity contribution in [3.05, 3.63) is 46.9 Å². The van der Waals surface area contributed by atoms with E-state index in [0.717, 1.165) is 32.6 Å². The Hall–Kier alpha value is -1.81. The Morgan fingerprint density at radius 1 is 1.16 bits per heavy atom. The highest BCUT2D eigenvalue weighted by atomic mass is 79.9. The lowest BCUT2D eigenvalue weighted by molar-refractivity contribution is 0.415. The van der Waals surface area contributed by atoms with Gasteiger partial charge in [-0.25, -0.2) is 4.98 Å². The first kappa shape index (κ1) is 12.2. The molecule has 3 aromatic rings. The third-order valence-corrected chi connectivity index (χ3v) is 3.83. The number of benzene rings is 2. The molecule has 3 nitrogen and oxygen atoms in total. The van der Waals surface area contributed by atoms with Crippen LogP contribution in [0.25, 0.3) is 22.4 Å². The highest BCUT2D eigenvalue weighted by Crippen LogP contribution is 2.29. The van der Waals surface area contributed by atoms with Crippen LogP contribution >= 0.6 is 15.9 Å². The fraction of sp³-hybridized carbons (Fsp3) is 0.133. The van der Waals surface area contributed by atoms with Crippen LogP contribution < -0.4 is 4.74 Å². The van der Waals surface area contributed by atoms with Gasteiger partial charge >= 0.3 is 0 Å². The number of nitrogens with zero attached hydrogens (tertiary/aromatic N) is 2. The lowest BCUT2D eigenvalue weighted by atomic mass is 10.2. The third kappa shape index (κ3) is 2.02. The van der Waals surface area contributed by atoms with Crippen LogP contribution in [0.3, 0.4) is 0 Å². The van der Waals surface area contributed by atoms with Gasteiger partial charge < -0.3 is 9.30 Å². The summed E-state index contributed by atoms with van der Waals surface area (Å²) < 4.78 is 8.37. The monoisotopic (exact) mass is 316 g/mol. The van der Waals surface area contributed by atoms with Crippen molar-refractivity contribution in [2.24, 2.45) is 7.05 Å². The first-order valence-electron chi connectivity index (χ1n) is 5.96. The summed E-state index contributed by atoms with van der Waals surface area (Å²) in [5, 5.41) is 0. The van der Waals surface area contributed by atoms with Gasteiger partial charge in [0.2, 0.25) is 0 Å². The maximum Gasteiger partial charge on any atom is 0.141 e. The molecule has 1 heterocycles. The number of rotatable bonds is 2. The molecule has 19 heavy (non-hydrogen) atoms. The Balaban J connectivity index is 2.25. The van der Waals surface area contributed by atoms with E-state index in [1.807, 2.05) is 43.4 Å². The molecule has 3 rings (SSSR count). The summed E-state index contributed by atoms with van der Waals surface area (Å²) in [6.45, 7) is 0. The normalized spacial score (nSPS) is 10.9. The molecule has 0 radical (unpaired) electrons. The van der Waals surface area contributed by atoms with Crippen molar-refractivity contribution in [2.75, 3.05) is 7.11 Å². The van der Waals surface area contributed by atoms with E-state index in [1.54, 1.807) is 7.11 Å². The van der Waals surface area contributed by atoms with E-state index in [9.17, 15) is 0 Å². The van der Waals surface area contributed by atoms with Gasteiger partial charge in [-0.15, -0.1) is 0 Å². The van der Waals surface area contributed by atoms with Crippen molar-refractivity contribution in [1.82, 2.24) is 9.55 Å². The molecule has 0 atom stereocenters. The molecule has 0 saturated heterocycles. The maximum absolute atomic E-state index is 5.27. The summed E-state index contributed by atoms with van der Waals surface area (Å²) in [6, 6.07) is 14.0. The zero-order chi connectivity index (χ0) is 13.4. The molecule has 96 valence electrons. The molecule has 0 fully saturated rings. The fourth-order valence-electron chi connectivity index (χ4n) is 2.20. The Bertz CT molecular complexity index is 749. The molecule has 0 bridgehead atoms. The predicted octanol–water partition coefficient (Wildman–Crippen LogP) is 4.01. The van der Waals surface area contributed by atoms with Crippen molar-refractivity contribution in [3.8, 4) is 17.1 Å². The molecule has 0 aliphatic rings. The summed E-state index contributed by atoms with van der Waals surface area (Å²) in [5.41, 5.74) is 3.12. The number of hydrogen-bond acceptors (Lipinski definition) is 2. The smallest absolute Gasteiger partial charge is 0.141 e. The molecule has 0 aliphatic carbocycles. The minimum Gasteiger partial charge on any atom is -0.497 e. The molecule has 0 saturated carbocycles. The number of ether oxygens (including phenoxy) is 1. The second kappa shape index (κ2) is 4.70. The average Bonchev–Trinajstić information content (AvgIpc) is 2.78. The van der Waals surface area contributed by atoms with Crippen LogP contribution in [0.2, 0.25) is 0 Å². The molecule has 0 N–H and O–H groups in total. The van der Waals surface area contributed by atoms with Gasteiger partial charge in [-0.3, -0.25) is 0 Å². The van der Waals surface area contributed by atoms with Gasteiger partial charge in [-0.1, -0.05) is 18.2 Å². The highest BCUT2D eigenvalue weighted by molar-refractivity contribution is 9.10. The highest BCUT2D eigenvalue weighted by Gasteiger charge is 2.11. The fourth-order valence-corrected chi connectivity index (χ4v) is 2.65. The van der Waals surface area contributed by atoms with Crippen LogP contribution in [0, 0.1) is 0 Å². The number of para-hydroxylation sites is 1.